The van der Waals surface area contributed by atoms with E-state index < -0.39 is 5.54 Å². The molecule has 3 rings (SSSR count). The molecule has 1 fully saturated rings. The van der Waals surface area contributed by atoms with Gasteiger partial charge in [-0.2, -0.15) is 0 Å². The maximum Gasteiger partial charge on any atom is 0.240 e. The molecule has 1 aliphatic carbocycles. The van der Waals surface area contributed by atoms with E-state index in [1.54, 1.807) is 0 Å². The molecule has 0 unspecified atom stereocenters. The molecule has 0 bridgehead atoms. The van der Waals surface area contributed by atoms with Gasteiger partial charge in [0.1, 0.15) is 0 Å². The Labute approximate surface area is 124 Å². The van der Waals surface area contributed by atoms with Gasteiger partial charge in [-0.15, -0.1) is 0 Å². The van der Waals surface area contributed by atoms with Crippen molar-refractivity contribution in [2.75, 3.05) is 6.54 Å². The van der Waals surface area contributed by atoms with E-state index in [2.05, 4.69) is 17.4 Å². The Morgan fingerprint density at radius 2 is 1.81 bits per heavy atom. The molecule has 2 amide bonds. The predicted octanol–water partition coefficient (Wildman–Crippen LogP) is 0.916. The van der Waals surface area contributed by atoms with Crippen LogP contribution in [0.15, 0.2) is 24.3 Å². The fraction of sp³-hybridized carbons (Fsp3) is 0.500. The molecule has 0 atom stereocenters. The Bertz CT molecular complexity index is 541. The molecular formula is C16H21N3O2. The first-order valence-electron chi connectivity index (χ1n) is 7.50. The summed E-state index contributed by atoms with van der Waals surface area (Å²) < 4.78 is 0. The van der Waals surface area contributed by atoms with Gasteiger partial charge >= 0.3 is 0 Å². The number of hydrogen-bond acceptors (Lipinski definition) is 3. The zero-order chi connectivity index (χ0) is 14.9. The zero-order valence-electron chi connectivity index (χ0n) is 12.1. The number of fused-ring (bicyclic) bond motifs is 1. The molecule has 21 heavy (non-hydrogen) atoms. The Kier molecular flexibility index (Phi) is 3.68. The van der Waals surface area contributed by atoms with E-state index in [1.165, 1.54) is 11.1 Å². The SMILES string of the molecule is NC1(C(=O)NCCCC(=O)N2Cc3ccccc3C2)CC1. The lowest BCUT2D eigenvalue weighted by atomic mass is 10.1. The number of rotatable bonds is 5. The standard InChI is InChI=1S/C16H21N3O2/c17-16(7-8-16)15(21)18-9-3-6-14(20)19-10-12-4-1-2-5-13(12)11-19/h1-2,4-5H,3,6-11,17H2,(H,18,21). The van der Waals surface area contributed by atoms with Crippen molar-refractivity contribution in [1.29, 1.82) is 0 Å². The molecule has 3 N–H and O–H groups in total. The van der Waals surface area contributed by atoms with Crippen LogP contribution in [0.25, 0.3) is 0 Å². The third-order valence-corrected chi connectivity index (χ3v) is 4.29. The summed E-state index contributed by atoms with van der Waals surface area (Å²) in [5.74, 6) is 0.0675. The molecule has 1 aliphatic heterocycles. The van der Waals surface area contributed by atoms with Crippen molar-refractivity contribution in [2.45, 2.75) is 44.3 Å². The van der Waals surface area contributed by atoms with Gasteiger partial charge < -0.3 is 16.0 Å². The van der Waals surface area contributed by atoms with Crippen molar-refractivity contribution in [3.63, 3.8) is 0 Å². The monoisotopic (exact) mass is 287 g/mol. The number of hydrogen-bond donors (Lipinski definition) is 2. The predicted molar refractivity (Wildman–Crippen MR) is 79.1 cm³/mol. The molecular weight excluding hydrogens is 266 g/mol. The summed E-state index contributed by atoms with van der Waals surface area (Å²) in [6.45, 7) is 1.92. The summed E-state index contributed by atoms with van der Waals surface area (Å²) in [5.41, 5.74) is 7.64. The molecule has 1 aromatic carbocycles. The number of carbonyl (C=O) groups is 2. The molecule has 1 saturated carbocycles. The van der Waals surface area contributed by atoms with Crippen molar-refractivity contribution in [2.24, 2.45) is 5.73 Å². The van der Waals surface area contributed by atoms with Crippen LogP contribution in [0.2, 0.25) is 0 Å². The van der Waals surface area contributed by atoms with Gasteiger partial charge in [-0.3, -0.25) is 9.59 Å². The molecule has 112 valence electrons. The highest BCUT2D eigenvalue weighted by molar-refractivity contribution is 5.89. The van der Waals surface area contributed by atoms with Crippen LogP contribution < -0.4 is 11.1 Å². The molecule has 0 aromatic heterocycles. The van der Waals surface area contributed by atoms with Gasteiger partial charge in [0, 0.05) is 26.1 Å². The maximum absolute atomic E-state index is 12.2. The van der Waals surface area contributed by atoms with Crippen LogP contribution in [0.3, 0.4) is 0 Å². The lowest BCUT2D eigenvalue weighted by molar-refractivity contribution is -0.132. The van der Waals surface area contributed by atoms with E-state index in [0.29, 0.717) is 32.5 Å². The smallest absolute Gasteiger partial charge is 0.240 e. The van der Waals surface area contributed by atoms with E-state index in [1.807, 2.05) is 17.0 Å². The summed E-state index contributed by atoms with van der Waals surface area (Å²) >= 11 is 0. The summed E-state index contributed by atoms with van der Waals surface area (Å²) in [5, 5.41) is 2.81. The van der Waals surface area contributed by atoms with Crippen molar-refractivity contribution in [3.05, 3.63) is 35.4 Å². The molecule has 5 heteroatoms. The number of amides is 2. The van der Waals surface area contributed by atoms with E-state index >= 15 is 0 Å². The molecule has 1 heterocycles. The van der Waals surface area contributed by atoms with Gasteiger partial charge in [0.15, 0.2) is 0 Å². The first-order valence-corrected chi connectivity index (χ1v) is 7.50. The fourth-order valence-electron chi connectivity index (χ4n) is 2.65. The Hall–Kier alpha value is -1.88. The second-order valence-electron chi connectivity index (χ2n) is 6.03. The van der Waals surface area contributed by atoms with Crippen LogP contribution in [-0.2, 0) is 22.7 Å². The first kappa shape index (κ1) is 14.1. The lowest BCUT2D eigenvalue weighted by Crippen LogP contribution is -2.43. The third-order valence-electron chi connectivity index (χ3n) is 4.29. The quantitative estimate of drug-likeness (QED) is 0.791. The molecule has 0 saturated heterocycles. The lowest BCUT2D eigenvalue weighted by Gasteiger charge is -2.15. The average molecular weight is 287 g/mol. The van der Waals surface area contributed by atoms with Crippen LogP contribution in [0, 0.1) is 0 Å². The zero-order valence-corrected chi connectivity index (χ0v) is 12.1. The molecule has 0 spiro atoms. The normalized spacial score (nSPS) is 18.2. The fourth-order valence-corrected chi connectivity index (χ4v) is 2.65. The third kappa shape index (κ3) is 3.08. The van der Waals surface area contributed by atoms with Crippen LogP contribution >= 0.6 is 0 Å². The van der Waals surface area contributed by atoms with Crippen molar-refractivity contribution in [1.82, 2.24) is 10.2 Å². The van der Waals surface area contributed by atoms with Gasteiger partial charge in [-0.25, -0.2) is 0 Å². The highest BCUT2D eigenvalue weighted by atomic mass is 16.2. The number of carbonyl (C=O) groups excluding carboxylic acids is 2. The highest BCUT2D eigenvalue weighted by Gasteiger charge is 2.45. The minimum absolute atomic E-state index is 0.0801. The van der Waals surface area contributed by atoms with Gasteiger partial charge in [-0.1, -0.05) is 24.3 Å². The average Bonchev–Trinajstić information content (AvgIpc) is 3.09. The minimum atomic E-state index is -0.624. The number of benzene rings is 1. The van der Waals surface area contributed by atoms with Gasteiger partial charge in [-0.05, 0) is 30.4 Å². The second-order valence-corrected chi connectivity index (χ2v) is 6.03. The van der Waals surface area contributed by atoms with Crippen molar-refractivity contribution < 1.29 is 9.59 Å². The Balaban J connectivity index is 1.39. The van der Waals surface area contributed by atoms with Crippen LogP contribution in [-0.4, -0.2) is 28.8 Å². The van der Waals surface area contributed by atoms with E-state index in [4.69, 9.17) is 5.73 Å². The van der Waals surface area contributed by atoms with Crippen molar-refractivity contribution in [3.8, 4) is 0 Å². The topological polar surface area (TPSA) is 75.4 Å². The molecule has 2 aliphatic rings. The number of nitrogens with zero attached hydrogens (tertiary/aromatic N) is 1. The van der Waals surface area contributed by atoms with E-state index in [0.717, 1.165) is 12.8 Å². The summed E-state index contributed by atoms with van der Waals surface area (Å²) in [6.07, 6.45) is 2.66. The summed E-state index contributed by atoms with van der Waals surface area (Å²) in [4.78, 5) is 25.7. The number of nitrogens with one attached hydrogen (secondary N) is 1. The van der Waals surface area contributed by atoms with E-state index in [9.17, 15) is 9.59 Å². The van der Waals surface area contributed by atoms with E-state index in [-0.39, 0.29) is 11.8 Å². The van der Waals surface area contributed by atoms with Crippen LogP contribution in [0.1, 0.15) is 36.8 Å². The van der Waals surface area contributed by atoms with Gasteiger partial charge in [0.25, 0.3) is 0 Å². The Morgan fingerprint density at radius 3 is 2.38 bits per heavy atom. The highest BCUT2D eigenvalue weighted by Crippen LogP contribution is 2.32. The largest absolute Gasteiger partial charge is 0.354 e. The van der Waals surface area contributed by atoms with Crippen LogP contribution in [0.4, 0.5) is 0 Å². The van der Waals surface area contributed by atoms with Crippen molar-refractivity contribution >= 4 is 11.8 Å². The minimum Gasteiger partial charge on any atom is -0.354 e. The molecule has 1 aromatic rings. The van der Waals surface area contributed by atoms with Gasteiger partial charge in [0.2, 0.25) is 11.8 Å². The Morgan fingerprint density at radius 1 is 1.19 bits per heavy atom. The maximum atomic E-state index is 12.2. The molecule has 0 radical (unpaired) electrons. The first-order chi connectivity index (χ1) is 10.1. The number of nitrogens with two attached hydrogens (primary N) is 1. The summed E-state index contributed by atoms with van der Waals surface area (Å²) in [6, 6.07) is 8.14. The molecule has 5 nitrogen and oxygen atoms in total. The van der Waals surface area contributed by atoms with Gasteiger partial charge in [0.05, 0.1) is 5.54 Å². The summed E-state index contributed by atoms with van der Waals surface area (Å²) in [7, 11) is 0. The van der Waals surface area contributed by atoms with Crippen LogP contribution in [0.5, 0.6) is 0 Å². The second kappa shape index (κ2) is 5.48.